The van der Waals surface area contributed by atoms with Crippen LogP contribution in [-0.2, 0) is 7.05 Å². The third kappa shape index (κ3) is 8.06. The quantitative estimate of drug-likeness (QED) is 0.469. The van der Waals surface area contributed by atoms with E-state index in [0.29, 0.717) is 17.7 Å². The maximum atomic E-state index is 12.3. The highest BCUT2D eigenvalue weighted by Gasteiger charge is 2.16. The van der Waals surface area contributed by atoms with Gasteiger partial charge in [0.2, 0.25) is 0 Å². The van der Waals surface area contributed by atoms with Gasteiger partial charge in [0.25, 0.3) is 5.56 Å². The van der Waals surface area contributed by atoms with E-state index < -0.39 is 0 Å². The molecule has 33 heavy (non-hydrogen) atoms. The first kappa shape index (κ1) is 27.9. The van der Waals surface area contributed by atoms with Gasteiger partial charge < -0.3 is 15.0 Å². The van der Waals surface area contributed by atoms with Gasteiger partial charge >= 0.3 is 0 Å². The van der Waals surface area contributed by atoms with Crippen molar-refractivity contribution in [3.63, 3.8) is 0 Å². The van der Waals surface area contributed by atoms with E-state index in [0.717, 1.165) is 11.1 Å². The number of rotatable bonds is 7. The summed E-state index contributed by atoms with van der Waals surface area (Å²) in [6, 6.07) is 15.9. The van der Waals surface area contributed by atoms with Gasteiger partial charge in [-0.15, -0.1) is 6.58 Å². The highest BCUT2D eigenvalue weighted by molar-refractivity contribution is 5.90. The molecule has 0 radical (unpaired) electrons. The molecule has 0 spiro atoms. The summed E-state index contributed by atoms with van der Waals surface area (Å²) in [7, 11) is 5.78. The number of anilines is 1. The number of hydrogen-bond donors (Lipinski definition) is 1. The van der Waals surface area contributed by atoms with Crippen LogP contribution in [-0.4, -0.2) is 41.4 Å². The van der Waals surface area contributed by atoms with Gasteiger partial charge in [0, 0.05) is 19.0 Å². The van der Waals surface area contributed by atoms with E-state index in [1.165, 1.54) is 10.2 Å². The van der Waals surface area contributed by atoms with Gasteiger partial charge in [-0.25, -0.2) is 4.68 Å². The van der Waals surface area contributed by atoms with Crippen molar-refractivity contribution in [3.8, 4) is 5.75 Å². The average Bonchev–Trinajstić information content (AvgIpc) is 2.79. The number of nitrogens with zero attached hydrogens (tertiary/aromatic N) is 3. The van der Waals surface area contributed by atoms with Crippen molar-refractivity contribution in [1.82, 2.24) is 14.7 Å². The summed E-state index contributed by atoms with van der Waals surface area (Å²) < 4.78 is 7.12. The van der Waals surface area contributed by atoms with Gasteiger partial charge in [-0.05, 0) is 58.6 Å². The molecule has 0 fully saturated rings. The summed E-state index contributed by atoms with van der Waals surface area (Å²) >= 11 is 0. The zero-order valence-electron chi connectivity index (χ0n) is 21.4. The molecule has 0 aliphatic rings. The number of benzene rings is 2. The van der Waals surface area contributed by atoms with Crippen LogP contribution in [0.25, 0.3) is 10.8 Å². The van der Waals surface area contributed by atoms with Gasteiger partial charge in [0.05, 0.1) is 17.5 Å². The predicted octanol–water partition coefficient (Wildman–Crippen LogP) is 5.65. The topological polar surface area (TPSA) is 59.4 Å². The second kappa shape index (κ2) is 14.1. The van der Waals surface area contributed by atoms with E-state index in [9.17, 15) is 4.79 Å². The van der Waals surface area contributed by atoms with Crippen molar-refractivity contribution in [2.75, 3.05) is 26.0 Å². The molecule has 1 unspecified atom stereocenters. The monoisotopic (exact) mass is 452 g/mol. The summed E-state index contributed by atoms with van der Waals surface area (Å²) in [4.78, 5) is 14.5. The summed E-state index contributed by atoms with van der Waals surface area (Å²) in [5.74, 6) is 1.58. The second-order valence-corrected chi connectivity index (χ2v) is 7.83. The molecule has 3 aromatic rings. The highest BCUT2D eigenvalue weighted by Crippen LogP contribution is 2.24. The summed E-state index contributed by atoms with van der Waals surface area (Å²) in [5, 5.41) is 9.37. The minimum atomic E-state index is -0.0916. The molecule has 1 heterocycles. The number of aryl methyl sites for hydroxylation is 1. The van der Waals surface area contributed by atoms with Gasteiger partial charge in [-0.1, -0.05) is 50.3 Å². The molecule has 1 N–H and O–H groups in total. The van der Waals surface area contributed by atoms with E-state index in [2.05, 4.69) is 48.1 Å². The SMILES string of the molecule is C=CC.CC.CC(C)Oc1ccc(C(CNc2nn(C)c(=O)c3ccccc23)N(C)C)cc1. The lowest BCUT2D eigenvalue weighted by molar-refractivity contribution is 0.242. The number of allylic oxidation sites excluding steroid dienone is 1. The van der Waals surface area contributed by atoms with E-state index in [-0.39, 0.29) is 17.7 Å². The van der Waals surface area contributed by atoms with Crippen LogP contribution >= 0.6 is 0 Å². The molecule has 0 saturated carbocycles. The molecule has 6 heteroatoms. The van der Waals surface area contributed by atoms with Crippen LogP contribution in [0, 0.1) is 0 Å². The lowest BCUT2D eigenvalue weighted by Gasteiger charge is -2.26. The maximum Gasteiger partial charge on any atom is 0.274 e. The molecule has 0 amide bonds. The first-order chi connectivity index (χ1) is 15.8. The lowest BCUT2D eigenvalue weighted by atomic mass is 10.1. The minimum Gasteiger partial charge on any atom is -0.491 e. The Balaban J connectivity index is 0.00000101. The molecule has 6 nitrogen and oxygen atoms in total. The Morgan fingerprint density at radius 3 is 2.15 bits per heavy atom. The standard InChI is InChI=1S/C22H28N4O2.C3H6.C2H6/c1-15(2)28-17-12-10-16(11-13-17)20(25(3)4)14-23-21-18-8-6-7-9-19(18)22(27)26(5)24-21;1-3-2;1-2/h6-13,15,20H,14H2,1-5H3,(H,23,24);3H,1H2,2H3;1-2H3. The van der Waals surface area contributed by atoms with Gasteiger partial charge in [0.15, 0.2) is 5.82 Å². The Bertz CT molecular complexity index is 1040. The highest BCUT2D eigenvalue weighted by atomic mass is 16.5. The van der Waals surface area contributed by atoms with Crippen molar-refractivity contribution in [3.05, 3.63) is 77.1 Å². The molecule has 0 aliphatic heterocycles. The van der Waals surface area contributed by atoms with Crippen LogP contribution in [0.15, 0.2) is 66.0 Å². The van der Waals surface area contributed by atoms with E-state index >= 15 is 0 Å². The first-order valence-electron chi connectivity index (χ1n) is 11.5. The molecule has 0 bridgehead atoms. The smallest absolute Gasteiger partial charge is 0.274 e. The number of nitrogens with one attached hydrogen (secondary N) is 1. The maximum absolute atomic E-state index is 12.3. The molecule has 2 aromatic carbocycles. The molecule has 180 valence electrons. The van der Waals surface area contributed by atoms with E-state index in [4.69, 9.17) is 4.74 Å². The average molecular weight is 453 g/mol. The van der Waals surface area contributed by atoms with Crippen LogP contribution in [0.1, 0.15) is 46.2 Å². The predicted molar refractivity (Wildman–Crippen MR) is 141 cm³/mol. The molecule has 1 aromatic heterocycles. The zero-order valence-corrected chi connectivity index (χ0v) is 21.4. The molecule has 0 saturated heterocycles. The number of aromatic nitrogens is 2. The largest absolute Gasteiger partial charge is 0.491 e. The second-order valence-electron chi connectivity index (χ2n) is 7.83. The fourth-order valence-electron chi connectivity index (χ4n) is 3.26. The van der Waals surface area contributed by atoms with Crippen LogP contribution in [0.5, 0.6) is 5.75 Å². The third-order valence-electron chi connectivity index (χ3n) is 4.68. The first-order valence-corrected chi connectivity index (χ1v) is 11.5. The summed E-state index contributed by atoms with van der Waals surface area (Å²) in [5.41, 5.74) is 1.09. The van der Waals surface area contributed by atoms with Crippen molar-refractivity contribution < 1.29 is 4.74 Å². The van der Waals surface area contributed by atoms with Gasteiger partial charge in [-0.2, -0.15) is 5.10 Å². The Morgan fingerprint density at radius 1 is 1.09 bits per heavy atom. The van der Waals surface area contributed by atoms with Crippen molar-refractivity contribution >= 4 is 16.6 Å². The summed E-state index contributed by atoms with van der Waals surface area (Å²) in [6.45, 7) is 13.9. The van der Waals surface area contributed by atoms with Crippen LogP contribution in [0.2, 0.25) is 0 Å². The minimum absolute atomic E-state index is 0.0916. The van der Waals surface area contributed by atoms with Crippen molar-refractivity contribution in [2.24, 2.45) is 7.05 Å². The fraction of sp³-hybridized carbons (Fsp3) is 0.407. The van der Waals surface area contributed by atoms with Gasteiger partial charge in [0.1, 0.15) is 5.75 Å². The molecule has 1 atom stereocenters. The Hall–Kier alpha value is -3.12. The van der Waals surface area contributed by atoms with Crippen LogP contribution < -0.4 is 15.6 Å². The van der Waals surface area contributed by atoms with E-state index in [1.54, 1.807) is 13.1 Å². The Morgan fingerprint density at radius 2 is 1.64 bits per heavy atom. The molecule has 3 rings (SSSR count). The molecular weight excluding hydrogens is 412 g/mol. The normalized spacial score (nSPS) is 11.2. The Kier molecular flexibility index (Phi) is 11.9. The third-order valence-corrected chi connectivity index (χ3v) is 4.68. The number of ether oxygens (including phenoxy) is 1. The van der Waals surface area contributed by atoms with Crippen molar-refractivity contribution in [1.29, 1.82) is 0 Å². The van der Waals surface area contributed by atoms with Crippen LogP contribution in [0.3, 0.4) is 0 Å². The number of hydrogen-bond acceptors (Lipinski definition) is 5. The number of fused-ring (bicyclic) bond motifs is 1. The van der Waals surface area contributed by atoms with E-state index in [1.807, 2.05) is 71.0 Å². The lowest BCUT2D eigenvalue weighted by Crippen LogP contribution is -2.28. The van der Waals surface area contributed by atoms with Crippen molar-refractivity contribution in [2.45, 2.75) is 46.8 Å². The fourth-order valence-corrected chi connectivity index (χ4v) is 3.26. The van der Waals surface area contributed by atoms with Crippen LogP contribution in [0.4, 0.5) is 5.82 Å². The summed E-state index contributed by atoms with van der Waals surface area (Å²) in [6.07, 6.45) is 1.90. The molecule has 0 aliphatic carbocycles. The zero-order chi connectivity index (χ0) is 25.0. The number of likely N-dealkylation sites (N-methyl/N-ethyl adjacent to an activating group) is 1. The Labute approximate surface area is 198 Å². The van der Waals surface area contributed by atoms with Gasteiger partial charge in [-0.3, -0.25) is 4.79 Å². The molecular formula is C27H40N4O2.